The van der Waals surface area contributed by atoms with Gasteiger partial charge in [0.2, 0.25) is 0 Å². The summed E-state index contributed by atoms with van der Waals surface area (Å²) in [4.78, 5) is 0. The molecule has 3 aromatic rings. The van der Waals surface area contributed by atoms with Gasteiger partial charge in [0.25, 0.3) is 0 Å². The topological polar surface area (TPSA) is 26.0 Å². The van der Waals surface area contributed by atoms with Gasteiger partial charge in [-0.3, -0.25) is 0 Å². The van der Waals surface area contributed by atoms with Gasteiger partial charge in [0.1, 0.15) is 0 Å². The smallest absolute Gasteiger partial charge is 0.0923 e. The molecule has 0 amide bonds. The van der Waals surface area contributed by atoms with Crippen molar-refractivity contribution >= 4 is 5.57 Å². The molecule has 0 saturated heterocycles. The third-order valence-corrected chi connectivity index (χ3v) is 4.06. The lowest BCUT2D eigenvalue weighted by atomic mass is 9.76. The van der Waals surface area contributed by atoms with E-state index in [0.29, 0.717) is 0 Å². The van der Waals surface area contributed by atoms with Crippen LogP contribution in [-0.2, 0) is 5.54 Å². The third kappa shape index (κ3) is 2.47. The summed E-state index contributed by atoms with van der Waals surface area (Å²) in [5.41, 5.74) is 10.2. The highest BCUT2D eigenvalue weighted by molar-refractivity contribution is 5.77. The Balaban J connectivity index is 2.18. The Hall–Kier alpha value is -2.64. The van der Waals surface area contributed by atoms with Gasteiger partial charge in [-0.05, 0) is 22.3 Å². The van der Waals surface area contributed by atoms with E-state index >= 15 is 0 Å². The Morgan fingerprint density at radius 3 is 1.41 bits per heavy atom. The van der Waals surface area contributed by atoms with Gasteiger partial charge >= 0.3 is 0 Å². The van der Waals surface area contributed by atoms with Crippen LogP contribution in [-0.4, -0.2) is 0 Å². The van der Waals surface area contributed by atoms with Crippen molar-refractivity contribution in [2.75, 3.05) is 0 Å². The highest BCUT2D eigenvalue weighted by Gasteiger charge is 2.33. The highest BCUT2D eigenvalue weighted by atomic mass is 14.8. The van der Waals surface area contributed by atoms with Crippen LogP contribution in [0.4, 0.5) is 0 Å². The monoisotopic (exact) mass is 285 g/mol. The van der Waals surface area contributed by atoms with Gasteiger partial charge in [0, 0.05) is 0 Å². The van der Waals surface area contributed by atoms with Gasteiger partial charge in [-0.15, -0.1) is 0 Å². The molecule has 0 spiro atoms. The second-order valence-corrected chi connectivity index (χ2v) is 5.38. The molecule has 0 bridgehead atoms. The minimum Gasteiger partial charge on any atom is -0.314 e. The zero-order valence-electron chi connectivity index (χ0n) is 12.4. The molecule has 0 radical (unpaired) electrons. The SMILES string of the molecule is C=C(c1ccccc1)C(N)(c1ccccc1)c1ccccc1. The predicted molar refractivity (Wildman–Crippen MR) is 93.3 cm³/mol. The maximum absolute atomic E-state index is 6.92. The molecule has 0 aliphatic carbocycles. The van der Waals surface area contributed by atoms with E-state index in [-0.39, 0.29) is 0 Å². The Morgan fingerprint density at radius 2 is 1.00 bits per heavy atom. The van der Waals surface area contributed by atoms with Gasteiger partial charge in [-0.25, -0.2) is 0 Å². The van der Waals surface area contributed by atoms with Crippen molar-refractivity contribution in [3.05, 3.63) is 114 Å². The molecule has 0 atom stereocenters. The summed E-state index contributed by atoms with van der Waals surface area (Å²) in [5.74, 6) is 0. The standard InChI is InChI=1S/C21H19N/c1-17(18-11-5-2-6-12-18)21(22,19-13-7-3-8-14-19)20-15-9-4-10-16-20/h2-16H,1,22H2. The molecule has 22 heavy (non-hydrogen) atoms. The third-order valence-electron chi connectivity index (χ3n) is 4.06. The zero-order valence-corrected chi connectivity index (χ0v) is 12.4. The number of benzene rings is 3. The Bertz CT molecular complexity index is 706. The summed E-state index contributed by atoms with van der Waals surface area (Å²) in [6.07, 6.45) is 0. The largest absolute Gasteiger partial charge is 0.314 e. The molecule has 0 saturated carbocycles. The fourth-order valence-electron chi connectivity index (χ4n) is 2.78. The average molecular weight is 285 g/mol. The van der Waals surface area contributed by atoms with Crippen LogP contribution in [0.15, 0.2) is 97.6 Å². The van der Waals surface area contributed by atoms with Crippen LogP contribution < -0.4 is 5.73 Å². The van der Waals surface area contributed by atoms with E-state index in [1.54, 1.807) is 0 Å². The summed E-state index contributed by atoms with van der Waals surface area (Å²) < 4.78 is 0. The van der Waals surface area contributed by atoms with Crippen LogP contribution in [0.2, 0.25) is 0 Å². The molecule has 0 fully saturated rings. The molecule has 1 heteroatoms. The van der Waals surface area contributed by atoms with E-state index in [1.807, 2.05) is 54.6 Å². The van der Waals surface area contributed by atoms with Crippen molar-refractivity contribution in [3.8, 4) is 0 Å². The molecular weight excluding hydrogens is 266 g/mol. The van der Waals surface area contributed by atoms with E-state index in [1.165, 1.54) is 0 Å². The molecule has 0 aromatic heterocycles. The lowest BCUT2D eigenvalue weighted by Gasteiger charge is -2.33. The molecule has 0 aliphatic rings. The molecule has 3 rings (SSSR count). The minimum absolute atomic E-state index is 0.746. The lowest BCUT2D eigenvalue weighted by Crippen LogP contribution is -2.39. The van der Waals surface area contributed by atoms with Crippen molar-refractivity contribution < 1.29 is 0 Å². The molecular formula is C21H19N. The molecule has 0 aliphatic heterocycles. The maximum atomic E-state index is 6.92. The van der Waals surface area contributed by atoms with Crippen LogP contribution in [0.1, 0.15) is 16.7 Å². The first-order valence-electron chi connectivity index (χ1n) is 7.37. The van der Waals surface area contributed by atoms with Crippen molar-refractivity contribution in [2.24, 2.45) is 5.73 Å². The second kappa shape index (κ2) is 6.00. The zero-order chi connectivity index (χ0) is 15.4. The summed E-state index contributed by atoms with van der Waals surface area (Å²) in [7, 11) is 0. The van der Waals surface area contributed by atoms with Crippen LogP contribution in [0, 0.1) is 0 Å². The summed E-state index contributed by atoms with van der Waals surface area (Å²) >= 11 is 0. The highest BCUT2D eigenvalue weighted by Crippen LogP contribution is 2.38. The first kappa shape index (κ1) is 14.3. The number of hydrogen-bond donors (Lipinski definition) is 1. The van der Waals surface area contributed by atoms with Crippen molar-refractivity contribution in [1.29, 1.82) is 0 Å². The van der Waals surface area contributed by atoms with Gasteiger partial charge < -0.3 is 5.73 Å². The van der Waals surface area contributed by atoms with E-state index in [4.69, 9.17) is 5.73 Å². The summed E-state index contributed by atoms with van der Waals surface area (Å²) in [6.45, 7) is 4.32. The van der Waals surface area contributed by atoms with E-state index < -0.39 is 5.54 Å². The van der Waals surface area contributed by atoms with Gasteiger partial charge in [0.05, 0.1) is 5.54 Å². The van der Waals surface area contributed by atoms with Gasteiger partial charge in [-0.2, -0.15) is 0 Å². The average Bonchev–Trinajstić information content (AvgIpc) is 2.62. The predicted octanol–water partition coefficient (Wildman–Crippen LogP) is 4.60. The van der Waals surface area contributed by atoms with E-state index in [2.05, 4.69) is 43.0 Å². The lowest BCUT2D eigenvalue weighted by molar-refractivity contribution is 0.705. The summed E-state index contributed by atoms with van der Waals surface area (Å²) in [5, 5.41) is 0. The fraction of sp³-hybridized carbons (Fsp3) is 0.0476. The van der Waals surface area contributed by atoms with Gasteiger partial charge in [-0.1, -0.05) is 97.6 Å². The Labute approximate surface area is 131 Å². The molecule has 3 aromatic carbocycles. The van der Waals surface area contributed by atoms with Crippen molar-refractivity contribution in [3.63, 3.8) is 0 Å². The quantitative estimate of drug-likeness (QED) is 0.744. The fourth-order valence-corrected chi connectivity index (χ4v) is 2.78. The molecule has 1 nitrogen and oxygen atoms in total. The Kier molecular flexibility index (Phi) is 3.90. The van der Waals surface area contributed by atoms with Crippen LogP contribution in [0.25, 0.3) is 5.57 Å². The Morgan fingerprint density at radius 1 is 0.636 bits per heavy atom. The molecule has 0 heterocycles. The first-order chi connectivity index (χ1) is 10.7. The maximum Gasteiger partial charge on any atom is 0.0923 e. The molecule has 2 N–H and O–H groups in total. The van der Waals surface area contributed by atoms with E-state index in [9.17, 15) is 0 Å². The van der Waals surface area contributed by atoms with Crippen molar-refractivity contribution in [1.82, 2.24) is 0 Å². The second-order valence-electron chi connectivity index (χ2n) is 5.38. The normalized spacial score (nSPS) is 11.1. The van der Waals surface area contributed by atoms with E-state index in [0.717, 1.165) is 22.3 Å². The van der Waals surface area contributed by atoms with Gasteiger partial charge in [0.15, 0.2) is 0 Å². The van der Waals surface area contributed by atoms with Crippen molar-refractivity contribution in [2.45, 2.75) is 5.54 Å². The molecule has 0 unspecified atom stereocenters. The summed E-state index contributed by atoms with van der Waals surface area (Å²) in [6, 6.07) is 30.4. The van der Waals surface area contributed by atoms with Crippen LogP contribution >= 0.6 is 0 Å². The first-order valence-corrected chi connectivity index (χ1v) is 7.37. The van der Waals surface area contributed by atoms with Crippen LogP contribution in [0.5, 0.6) is 0 Å². The molecule has 108 valence electrons. The number of rotatable bonds is 4. The minimum atomic E-state index is -0.746. The van der Waals surface area contributed by atoms with Crippen LogP contribution in [0.3, 0.4) is 0 Å². The number of nitrogens with two attached hydrogens (primary N) is 1. The number of hydrogen-bond acceptors (Lipinski definition) is 1.